The van der Waals surface area contributed by atoms with E-state index in [9.17, 15) is 9.59 Å². The minimum Gasteiger partial charge on any atom is -0.480 e. The predicted octanol–water partition coefficient (Wildman–Crippen LogP) is 5.06. The number of benzene rings is 2. The van der Waals surface area contributed by atoms with Crippen molar-refractivity contribution in [3.63, 3.8) is 0 Å². The fourth-order valence-corrected chi connectivity index (χ4v) is 4.19. The normalized spacial score (nSPS) is 12.4. The number of nitrogens with one attached hydrogen (secondary N) is 1. The number of carbonyl (C=O) groups is 1. The van der Waals surface area contributed by atoms with Crippen LogP contribution in [-0.4, -0.2) is 16.6 Å². The number of fused-ring (bicyclic) bond motifs is 1. The number of aryl methyl sites for hydroxylation is 2. The lowest BCUT2D eigenvalue weighted by atomic mass is 10.1. The fraction of sp³-hybridized carbons (Fsp3) is 0.364. The molecule has 0 bridgehead atoms. The highest BCUT2D eigenvalue weighted by Gasteiger charge is 2.20. The van der Waals surface area contributed by atoms with E-state index in [2.05, 4.69) is 5.32 Å². The van der Waals surface area contributed by atoms with E-state index in [-0.39, 0.29) is 16.8 Å². The highest BCUT2D eigenvalue weighted by atomic mass is 32.1. The summed E-state index contributed by atoms with van der Waals surface area (Å²) in [4.78, 5) is 25.0. The topological polar surface area (TPSA) is 60.3 Å². The smallest absolute Gasteiger partial charge is 0.308 e. The van der Waals surface area contributed by atoms with Crippen molar-refractivity contribution >= 4 is 33.1 Å². The van der Waals surface area contributed by atoms with Crippen LogP contribution >= 0.6 is 11.3 Å². The van der Waals surface area contributed by atoms with E-state index in [0.717, 1.165) is 27.1 Å². The Morgan fingerprint density at radius 3 is 2.61 bits per heavy atom. The zero-order valence-corrected chi connectivity index (χ0v) is 17.7. The average Bonchev–Trinajstić information content (AvgIpc) is 2.97. The zero-order chi connectivity index (χ0) is 20.4. The number of amides is 1. The maximum absolute atomic E-state index is 12.8. The summed E-state index contributed by atoms with van der Waals surface area (Å²) in [5.41, 5.74) is 3.64. The molecule has 1 atom stereocenters. The van der Waals surface area contributed by atoms with E-state index in [1.54, 1.807) is 4.57 Å². The number of aromatic nitrogens is 1. The molecule has 0 saturated heterocycles. The molecule has 1 heterocycles. The summed E-state index contributed by atoms with van der Waals surface area (Å²) in [6, 6.07) is 11.6. The van der Waals surface area contributed by atoms with Gasteiger partial charge in [-0.05, 0) is 69.5 Å². The summed E-state index contributed by atoms with van der Waals surface area (Å²) in [6.45, 7) is 9.86. The van der Waals surface area contributed by atoms with Gasteiger partial charge < -0.3 is 10.1 Å². The maximum atomic E-state index is 12.8. The molecule has 148 valence electrons. The van der Waals surface area contributed by atoms with E-state index in [1.165, 1.54) is 11.3 Å². The number of ether oxygens (including phenoxy) is 1. The fourth-order valence-electron chi connectivity index (χ4n) is 3.14. The maximum Gasteiger partial charge on any atom is 0.308 e. The van der Waals surface area contributed by atoms with Gasteiger partial charge in [-0.2, -0.15) is 0 Å². The second kappa shape index (κ2) is 8.19. The SMILES string of the molecule is CCC(Oc1cc(C)ccc1C)C(=O)Nc1ccc2c(c1)sc(=O)n2C(C)C. The first kappa shape index (κ1) is 20.1. The Bertz CT molecular complexity index is 1070. The Kier molecular flexibility index (Phi) is 5.89. The van der Waals surface area contributed by atoms with E-state index >= 15 is 0 Å². The molecule has 1 amide bonds. The molecule has 3 rings (SSSR count). The van der Waals surface area contributed by atoms with Crippen LogP contribution in [0.4, 0.5) is 5.69 Å². The molecule has 28 heavy (non-hydrogen) atoms. The second-order valence-corrected chi connectivity index (χ2v) is 8.28. The molecule has 1 aromatic heterocycles. The van der Waals surface area contributed by atoms with Gasteiger partial charge in [0.2, 0.25) is 0 Å². The summed E-state index contributed by atoms with van der Waals surface area (Å²) >= 11 is 1.19. The number of thiazole rings is 1. The Labute approximate surface area is 169 Å². The van der Waals surface area contributed by atoms with Crippen molar-refractivity contribution in [1.82, 2.24) is 4.57 Å². The quantitative estimate of drug-likeness (QED) is 0.631. The summed E-state index contributed by atoms with van der Waals surface area (Å²) in [6.07, 6.45) is -0.0337. The lowest BCUT2D eigenvalue weighted by Gasteiger charge is -2.19. The van der Waals surface area contributed by atoms with Crippen molar-refractivity contribution in [1.29, 1.82) is 0 Å². The van der Waals surface area contributed by atoms with Crippen LogP contribution in [0.1, 0.15) is 44.4 Å². The number of hydrogen-bond donors (Lipinski definition) is 1. The molecule has 0 aliphatic carbocycles. The third-order valence-corrected chi connectivity index (χ3v) is 5.59. The molecular formula is C22H26N2O3S. The number of carbonyl (C=O) groups excluding carboxylic acids is 1. The monoisotopic (exact) mass is 398 g/mol. The molecule has 0 radical (unpaired) electrons. The van der Waals surface area contributed by atoms with Gasteiger partial charge in [-0.15, -0.1) is 0 Å². The van der Waals surface area contributed by atoms with E-state index in [4.69, 9.17) is 4.74 Å². The molecule has 0 saturated carbocycles. The van der Waals surface area contributed by atoms with Gasteiger partial charge in [0.05, 0.1) is 10.2 Å². The van der Waals surface area contributed by atoms with E-state index in [0.29, 0.717) is 12.1 Å². The summed E-state index contributed by atoms with van der Waals surface area (Å²) in [5, 5.41) is 2.93. The first-order chi connectivity index (χ1) is 13.3. The molecule has 0 aliphatic heterocycles. The molecule has 5 nitrogen and oxygen atoms in total. The molecule has 0 fully saturated rings. The van der Waals surface area contributed by atoms with Crippen molar-refractivity contribution < 1.29 is 9.53 Å². The van der Waals surface area contributed by atoms with Crippen LogP contribution in [-0.2, 0) is 4.79 Å². The number of hydrogen-bond acceptors (Lipinski definition) is 4. The Hall–Kier alpha value is -2.60. The van der Waals surface area contributed by atoms with E-state index < -0.39 is 6.10 Å². The molecule has 0 aliphatic rings. The highest BCUT2D eigenvalue weighted by Crippen LogP contribution is 2.25. The lowest BCUT2D eigenvalue weighted by molar-refractivity contribution is -0.122. The van der Waals surface area contributed by atoms with Gasteiger partial charge in [0.1, 0.15) is 5.75 Å². The second-order valence-electron chi connectivity index (χ2n) is 7.29. The lowest BCUT2D eigenvalue weighted by Crippen LogP contribution is -2.32. The number of nitrogens with zero attached hydrogens (tertiary/aromatic N) is 1. The Morgan fingerprint density at radius 2 is 1.93 bits per heavy atom. The third kappa shape index (κ3) is 4.12. The molecule has 1 N–H and O–H groups in total. The van der Waals surface area contributed by atoms with Crippen molar-refractivity contribution in [3.8, 4) is 5.75 Å². The van der Waals surface area contributed by atoms with Gasteiger partial charge in [0.15, 0.2) is 6.10 Å². The average molecular weight is 399 g/mol. The van der Waals surface area contributed by atoms with Crippen LogP contribution in [0.15, 0.2) is 41.2 Å². The Morgan fingerprint density at radius 1 is 1.18 bits per heavy atom. The summed E-state index contributed by atoms with van der Waals surface area (Å²) in [7, 11) is 0. The zero-order valence-electron chi connectivity index (χ0n) is 16.9. The van der Waals surface area contributed by atoms with Crippen molar-refractivity contribution in [2.24, 2.45) is 0 Å². The van der Waals surface area contributed by atoms with Crippen molar-refractivity contribution in [2.75, 3.05) is 5.32 Å². The van der Waals surface area contributed by atoms with Crippen LogP contribution in [0.5, 0.6) is 5.75 Å². The molecule has 6 heteroatoms. The third-order valence-electron chi connectivity index (χ3n) is 4.67. The number of anilines is 1. The standard InChI is InChI=1S/C22H26N2O3S/c1-6-18(27-19-11-14(4)7-8-15(19)5)21(25)23-16-9-10-17-20(12-16)28-22(26)24(17)13(2)3/h7-13,18H,6H2,1-5H3,(H,23,25). The Balaban J connectivity index is 1.80. The van der Waals surface area contributed by atoms with Gasteiger partial charge in [0, 0.05) is 11.7 Å². The van der Waals surface area contributed by atoms with Crippen LogP contribution in [0.3, 0.4) is 0 Å². The minimum atomic E-state index is -0.588. The van der Waals surface area contributed by atoms with Crippen molar-refractivity contribution in [3.05, 3.63) is 57.2 Å². The molecule has 3 aromatic rings. The van der Waals surface area contributed by atoms with E-state index in [1.807, 2.05) is 71.0 Å². The van der Waals surface area contributed by atoms with Crippen molar-refractivity contribution in [2.45, 2.75) is 53.2 Å². The minimum absolute atomic E-state index is 0.0122. The predicted molar refractivity (Wildman–Crippen MR) is 116 cm³/mol. The number of rotatable bonds is 6. The molecular weight excluding hydrogens is 372 g/mol. The van der Waals surface area contributed by atoms with Crippen LogP contribution in [0.25, 0.3) is 10.2 Å². The van der Waals surface area contributed by atoms with Gasteiger partial charge in [-0.3, -0.25) is 14.2 Å². The first-order valence-corrected chi connectivity index (χ1v) is 10.3. The molecule has 0 spiro atoms. The van der Waals surface area contributed by atoms with Gasteiger partial charge in [-0.1, -0.05) is 30.4 Å². The summed E-state index contributed by atoms with van der Waals surface area (Å²) in [5.74, 6) is 0.531. The van der Waals surface area contributed by atoms with Crippen LogP contribution in [0, 0.1) is 13.8 Å². The van der Waals surface area contributed by atoms with Gasteiger partial charge in [0.25, 0.3) is 5.91 Å². The summed E-state index contributed by atoms with van der Waals surface area (Å²) < 4.78 is 8.62. The largest absolute Gasteiger partial charge is 0.480 e. The first-order valence-electron chi connectivity index (χ1n) is 9.50. The van der Waals surface area contributed by atoms with Crippen LogP contribution < -0.4 is 14.9 Å². The molecule has 1 unspecified atom stereocenters. The van der Waals surface area contributed by atoms with Gasteiger partial charge >= 0.3 is 4.87 Å². The molecule has 2 aromatic carbocycles. The van der Waals surface area contributed by atoms with Crippen LogP contribution in [0.2, 0.25) is 0 Å². The van der Waals surface area contributed by atoms with Gasteiger partial charge in [-0.25, -0.2) is 0 Å². The highest BCUT2D eigenvalue weighted by molar-refractivity contribution is 7.16.